The molecule has 162 valence electrons. The van der Waals surface area contributed by atoms with Gasteiger partial charge in [0.15, 0.2) is 0 Å². The number of nitrogens with one attached hydrogen (secondary N) is 1. The maximum Gasteiger partial charge on any atom is 0.255 e. The van der Waals surface area contributed by atoms with Gasteiger partial charge >= 0.3 is 0 Å². The molecule has 1 aliphatic rings. The van der Waals surface area contributed by atoms with Gasteiger partial charge < -0.3 is 25.4 Å². The zero-order valence-corrected chi connectivity index (χ0v) is 17.7. The van der Waals surface area contributed by atoms with Crippen molar-refractivity contribution in [3.63, 3.8) is 0 Å². The van der Waals surface area contributed by atoms with Gasteiger partial charge in [0.05, 0.1) is 6.04 Å². The van der Waals surface area contributed by atoms with Gasteiger partial charge in [0.1, 0.15) is 13.0 Å². The van der Waals surface area contributed by atoms with Crippen LogP contribution in [0.1, 0.15) is 61.4 Å². The van der Waals surface area contributed by atoms with Crippen LogP contribution in [0.3, 0.4) is 0 Å². The first-order valence-electron chi connectivity index (χ1n) is 10.6. The lowest BCUT2D eigenvalue weighted by atomic mass is 10.1. The van der Waals surface area contributed by atoms with Crippen molar-refractivity contribution >= 4 is 11.8 Å². The molecule has 7 nitrogen and oxygen atoms in total. The third-order valence-electron chi connectivity index (χ3n) is 5.21. The Balaban J connectivity index is 1.84. The predicted octanol–water partition coefficient (Wildman–Crippen LogP) is 2.44. The first-order chi connectivity index (χ1) is 14.1. The molecule has 2 atom stereocenters. The maximum atomic E-state index is 12.9. The van der Waals surface area contributed by atoms with Crippen LogP contribution < -0.4 is 11.1 Å². The lowest BCUT2D eigenvalue weighted by Crippen LogP contribution is -2.45. The number of nitrogens with two attached hydrogens (primary N) is 1. The molecule has 2 amide bonds. The van der Waals surface area contributed by atoms with E-state index in [2.05, 4.69) is 12.2 Å². The Bertz CT molecular complexity index is 635. The molecule has 0 spiro atoms. The summed E-state index contributed by atoms with van der Waals surface area (Å²) in [4.78, 5) is 26.6. The predicted molar refractivity (Wildman–Crippen MR) is 112 cm³/mol. The minimum absolute atomic E-state index is 0.0208. The largest absolute Gasteiger partial charge is 0.359 e. The number of likely N-dealkylation sites (tertiary alicyclic amines) is 1. The molecule has 7 heteroatoms. The second-order valence-electron chi connectivity index (χ2n) is 7.51. The van der Waals surface area contributed by atoms with Gasteiger partial charge in [-0.2, -0.15) is 0 Å². The zero-order valence-electron chi connectivity index (χ0n) is 17.7. The fraction of sp³-hybridized carbons (Fsp3) is 0.636. The molecule has 1 fully saturated rings. The molecule has 1 aliphatic heterocycles. The van der Waals surface area contributed by atoms with Crippen molar-refractivity contribution in [2.75, 3.05) is 27.0 Å². The summed E-state index contributed by atoms with van der Waals surface area (Å²) in [6, 6.07) is 7.12. The average molecular weight is 406 g/mol. The fourth-order valence-corrected chi connectivity index (χ4v) is 3.45. The Morgan fingerprint density at radius 3 is 2.72 bits per heavy atom. The molecule has 0 radical (unpaired) electrons. The SMILES string of the molecule is CCCC[C@H](N)C(=O)NCCc1ccc(C(=O)N2CCCC[C@@H]2OCOC)cc1. The van der Waals surface area contributed by atoms with E-state index in [-0.39, 0.29) is 24.8 Å². The third kappa shape index (κ3) is 7.42. The van der Waals surface area contributed by atoms with E-state index in [0.29, 0.717) is 31.5 Å². The Labute approximate surface area is 173 Å². The topological polar surface area (TPSA) is 93.9 Å². The molecule has 1 aromatic carbocycles. The first kappa shape index (κ1) is 23.3. The molecular weight excluding hydrogens is 370 g/mol. The van der Waals surface area contributed by atoms with Gasteiger partial charge in [-0.25, -0.2) is 0 Å². The number of nitrogens with zero attached hydrogens (tertiary/aromatic N) is 1. The highest BCUT2D eigenvalue weighted by atomic mass is 16.7. The van der Waals surface area contributed by atoms with E-state index in [1.165, 1.54) is 0 Å². The van der Waals surface area contributed by atoms with Crippen molar-refractivity contribution in [2.45, 2.75) is 64.1 Å². The molecule has 0 bridgehead atoms. The Morgan fingerprint density at radius 1 is 1.28 bits per heavy atom. The van der Waals surface area contributed by atoms with E-state index in [4.69, 9.17) is 15.2 Å². The van der Waals surface area contributed by atoms with Crippen molar-refractivity contribution in [3.05, 3.63) is 35.4 Å². The van der Waals surface area contributed by atoms with Crippen LogP contribution in [0, 0.1) is 0 Å². The standard InChI is InChI=1S/C22H35N3O4/c1-3-4-7-19(23)21(26)24-14-13-17-9-11-18(12-10-17)22(27)25-15-6-5-8-20(25)29-16-28-2/h9-12,19-20H,3-8,13-16,23H2,1-2H3,(H,24,26)/t19-,20-/m0/s1. The van der Waals surface area contributed by atoms with Crippen molar-refractivity contribution in [1.29, 1.82) is 0 Å². The fourth-order valence-electron chi connectivity index (χ4n) is 3.45. The van der Waals surface area contributed by atoms with Crippen LogP contribution in [0.5, 0.6) is 0 Å². The average Bonchev–Trinajstić information content (AvgIpc) is 2.76. The number of carbonyl (C=O) groups is 2. The summed E-state index contributed by atoms with van der Waals surface area (Å²) < 4.78 is 10.6. The summed E-state index contributed by atoms with van der Waals surface area (Å²) in [5.41, 5.74) is 7.59. The molecule has 2 rings (SSSR count). The summed E-state index contributed by atoms with van der Waals surface area (Å²) in [5.74, 6) is -0.120. The number of carbonyl (C=O) groups excluding carboxylic acids is 2. The molecule has 1 heterocycles. The minimum atomic E-state index is -0.437. The highest BCUT2D eigenvalue weighted by molar-refractivity contribution is 5.94. The molecule has 0 saturated carbocycles. The molecule has 1 saturated heterocycles. The molecule has 0 unspecified atom stereocenters. The van der Waals surface area contributed by atoms with E-state index in [0.717, 1.165) is 37.7 Å². The van der Waals surface area contributed by atoms with E-state index in [9.17, 15) is 9.59 Å². The number of benzene rings is 1. The number of hydrogen-bond donors (Lipinski definition) is 2. The molecule has 1 aromatic rings. The minimum Gasteiger partial charge on any atom is -0.359 e. The maximum absolute atomic E-state index is 12.9. The van der Waals surface area contributed by atoms with E-state index in [1.54, 1.807) is 12.0 Å². The first-order valence-corrected chi connectivity index (χ1v) is 10.6. The molecule has 0 aromatic heterocycles. The van der Waals surface area contributed by atoms with Gasteiger partial charge in [0, 0.05) is 25.8 Å². The van der Waals surface area contributed by atoms with Crippen LogP contribution in [0.2, 0.25) is 0 Å². The van der Waals surface area contributed by atoms with Crippen molar-refractivity contribution in [3.8, 4) is 0 Å². The normalized spacial score (nSPS) is 17.8. The lowest BCUT2D eigenvalue weighted by Gasteiger charge is -2.35. The van der Waals surface area contributed by atoms with Gasteiger partial charge in [-0.1, -0.05) is 31.9 Å². The number of ether oxygens (including phenoxy) is 2. The summed E-state index contributed by atoms with van der Waals surface area (Å²) in [5, 5.41) is 2.89. The van der Waals surface area contributed by atoms with Crippen LogP contribution in [-0.4, -0.2) is 56.0 Å². The molecule has 0 aliphatic carbocycles. The van der Waals surface area contributed by atoms with Crippen LogP contribution in [-0.2, 0) is 20.7 Å². The van der Waals surface area contributed by atoms with E-state index in [1.807, 2.05) is 24.3 Å². The second kappa shape index (κ2) is 12.6. The molecule has 29 heavy (non-hydrogen) atoms. The van der Waals surface area contributed by atoms with Crippen molar-refractivity contribution < 1.29 is 19.1 Å². The monoisotopic (exact) mass is 405 g/mol. The van der Waals surface area contributed by atoms with E-state index >= 15 is 0 Å². The third-order valence-corrected chi connectivity index (χ3v) is 5.21. The van der Waals surface area contributed by atoms with Crippen molar-refractivity contribution in [1.82, 2.24) is 10.2 Å². The number of amides is 2. The van der Waals surface area contributed by atoms with Crippen LogP contribution in [0.15, 0.2) is 24.3 Å². The Morgan fingerprint density at radius 2 is 2.03 bits per heavy atom. The Hall–Kier alpha value is -1.96. The summed E-state index contributed by atoms with van der Waals surface area (Å²) >= 11 is 0. The highest BCUT2D eigenvalue weighted by Gasteiger charge is 2.28. The van der Waals surface area contributed by atoms with Gasteiger partial charge in [0.2, 0.25) is 5.91 Å². The molecule has 3 N–H and O–H groups in total. The number of piperidine rings is 1. The number of hydrogen-bond acceptors (Lipinski definition) is 5. The van der Waals surface area contributed by atoms with Crippen LogP contribution >= 0.6 is 0 Å². The van der Waals surface area contributed by atoms with Crippen LogP contribution in [0.25, 0.3) is 0 Å². The highest BCUT2D eigenvalue weighted by Crippen LogP contribution is 2.21. The second-order valence-corrected chi connectivity index (χ2v) is 7.51. The number of methoxy groups -OCH3 is 1. The summed E-state index contributed by atoms with van der Waals surface area (Å²) in [6.07, 6.45) is 6.02. The molecular formula is C22H35N3O4. The summed E-state index contributed by atoms with van der Waals surface area (Å²) in [6.45, 7) is 3.49. The number of unbranched alkanes of at least 4 members (excludes halogenated alkanes) is 1. The van der Waals surface area contributed by atoms with E-state index < -0.39 is 6.04 Å². The van der Waals surface area contributed by atoms with Gasteiger partial charge in [-0.05, 0) is 49.8 Å². The number of rotatable bonds is 11. The van der Waals surface area contributed by atoms with Gasteiger partial charge in [-0.3, -0.25) is 9.59 Å². The van der Waals surface area contributed by atoms with Crippen LogP contribution in [0.4, 0.5) is 0 Å². The quantitative estimate of drug-likeness (QED) is 0.552. The zero-order chi connectivity index (χ0) is 21.1. The lowest BCUT2D eigenvalue weighted by molar-refractivity contribution is -0.130. The summed E-state index contributed by atoms with van der Waals surface area (Å²) in [7, 11) is 1.58. The van der Waals surface area contributed by atoms with Crippen molar-refractivity contribution in [2.24, 2.45) is 5.73 Å². The Kier molecular flexibility index (Phi) is 10.1. The van der Waals surface area contributed by atoms with Gasteiger partial charge in [-0.15, -0.1) is 0 Å². The smallest absolute Gasteiger partial charge is 0.255 e. The van der Waals surface area contributed by atoms with Gasteiger partial charge in [0.25, 0.3) is 5.91 Å².